The number of aromatic hydroxyl groups is 1. The zero-order valence-corrected chi connectivity index (χ0v) is 19.4. The second-order valence-corrected chi connectivity index (χ2v) is 9.03. The van der Waals surface area contributed by atoms with Crippen molar-refractivity contribution in [2.75, 3.05) is 18.8 Å². The van der Waals surface area contributed by atoms with E-state index in [1.807, 2.05) is 35.2 Å². The number of anilines is 1. The largest absolute Gasteiger partial charge is 0.508 e. The minimum absolute atomic E-state index is 0.00456. The monoisotopic (exact) mass is 460 g/mol. The van der Waals surface area contributed by atoms with Gasteiger partial charge in [0.2, 0.25) is 0 Å². The van der Waals surface area contributed by atoms with Gasteiger partial charge in [0.15, 0.2) is 0 Å². The molecule has 0 aliphatic carbocycles. The molecule has 1 amide bonds. The zero-order chi connectivity index (χ0) is 24.1. The van der Waals surface area contributed by atoms with Gasteiger partial charge in [-0.25, -0.2) is 4.98 Å². The van der Waals surface area contributed by atoms with E-state index in [0.717, 1.165) is 30.4 Å². The molecule has 7 nitrogen and oxygen atoms in total. The number of nitrogens with two attached hydrogens (primary N) is 1. The van der Waals surface area contributed by atoms with E-state index in [1.165, 1.54) is 5.56 Å². The first kappa shape index (κ1) is 23.7. The van der Waals surface area contributed by atoms with Crippen LogP contribution in [0.25, 0.3) is 0 Å². The summed E-state index contributed by atoms with van der Waals surface area (Å²) < 4.78 is 0. The molecule has 1 aliphatic rings. The van der Waals surface area contributed by atoms with Crippen molar-refractivity contribution in [1.82, 2.24) is 15.2 Å². The lowest BCUT2D eigenvalue weighted by molar-refractivity contribution is 0.0745. The number of phenols is 1. The molecule has 2 atom stereocenters. The minimum Gasteiger partial charge on any atom is -0.508 e. The number of hydrogen-bond donors (Lipinski definition) is 4. The summed E-state index contributed by atoms with van der Waals surface area (Å²) >= 11 is 0. The van der Waals surface area contributed by atoms with Crippen LogP contribution in [0.4, 0.5) is 5.82 Å². The molecule has 4 rings (SSSR count). The number of benzene rings is 2. The van der Waals surface area contributed by atoms with Gasteiger partial charge in [-0.15, -0.1) is 0 Å². The smallest absolute Gasteiger partial charge is 0.254 e. The topological polar surface area (TPSA) is 112 Å². The Hall–Kier alpha value is -3.42. The lowest BCUT2D eigenvalue weighted by Gasteiger charge is -2.22. The minimum atomic E-state index is -0.672. The Morgan fingerprint density at radius 2 is 2.03 bits per heavy atom. The number of carbonyl (C=O) groups is 1. The van der Waals surface area contributed by atoms with Gasteiger partial charge >= 0.3 is 0 Å². The molecule has 178 valence electrons. The summed E-state index contributed by atoms with van der Waals surface area (Å²) in [5.74, 6) is 0.661. The van der Waals surface area contributed by atoms with Crippen LogP contribution in [0.2, 0.25) is 0 Å². The van der Waals surface area contributed by atoms with Crippen molar-refractivity contribution in [2.24, 2.45) is 0 Å². The van der Waals surface area contributed by atoms with E-state index in [-0.39, 0.29) is 17.7 Å². The first-order valence-electron chi connectivity index (χ1n) is 11.7. The normalized spacial score (nSPS) is 15.3. The van der Waals surface area contributed by atoms with Crippen LogP contribution in [0.5, 0.6) is 5.75 Å². The first-order chi connectivity index (χ1) is 16.4. The Morgan fingerprint density at radius 3 is 2.82 bits per heavy atom. The van der Waals surface area contributed by atoms with Gasteiger partial charge in [0, 0.05) is 43.0 Å². The van der Waals surface area contributed by atoms with Gasteiger partial charge in [-0.1, -0.05) is 24.3 Å². The summed E-state index contributed by atoms with van der Waals surface area (Å²) in [5.41, 5.74) is 10.2. The summed E-state index contributed by atoms with van der Waals surface area (Å²) in [4.78, 5) is 19.2. The van der Waals surface area contributed by atoms with Crippen molar-refractivity contribution in [3.05, 3.63) is 88.6 Å². The van der Waals surface area contributed by atoms with Crippen molar-refractivity contribution in [1.29, 1.82) is 0 Å². The van der Waals surface area contributed by atoms with Crippen molar-refractivity contribution in [2.45, 2.75) is 44.9 Å². The lowest BCUT2D eigenvalue weighted by Crippen LogP contribution is -2.32. The Kier molecular flexibility index (Phi) is 7.45. The number of nitrogen functional groups attached to an aromatic ring is 1. The third-order valence-electron chi connectivity index (χ3n) is 6.28. The number of rotatable bonds is 7. The van der Waals surface area contributed by atoms with Gasteiger partial charge in [0.05, 0.1) is 6.10 Å². The fourth-order valence-electron chi connectivity index (χ4n) is 4.41. The van der Waals surface area contributed by atoms with Crippen LogP contribution in [-0.2, 0) is 19.4 Å². The summed E-state index contributed by atoms with van der Waals surface area (Å²) in [7, 11) is 0. The number of hydrogen-bond acceptors (Lipinski definition) is 6. The summed E-state index contributed by atoms with van der Waals surface area (Å²) in [6.45, 7) is 3.64. The van der Waals surface area contributed by atoms with Crippen LogP contribution in [0, 0.1) is 0 Å². The van der Waals surface area contributed by atoms with Crippen molar-refractivity contribution >= 4 is 11.7 Å². The predicted octanol–water partition coefficient (Wildman–Crippen LogP) is 3.21. The average Bonchev–Trinajstić information content (AvgIpc) is 3.04. The molecule has 0 saturated heterocycles. The van der Waals surface area contributed by atoms with E-state index in [2.05, 4.69) is 17.2 Å². The number of carbonyl (C=O) groups excluding carboxylic acids is 1. The molecule has 5 N–H and O–H groups in total. The molecule has 7 heteroatoms. The zero-order valence-electron chi connectivity index (χ0n) is 19.4. The van der Waals surface area contributed by atoms with Gasteiger partial charge in [-0.05, 0) is 73.2 Å². The number of aliphatic hydroxyl groups excluding tert-OH is 1. The molecule has 0 unspecified atom stereocenters. The highest BCUT2D eigenvalue weighted by molar-refractivity contribution is 5.94. The van der Waals surface area contributed by atoms with E-state index in [9.17, 15) is 15.0 Å². The number of pyridine rings is 1. The van der Waals surface area contributed by atoms with Gasteiger partial charge in [0.25, 0.3) is 5.91 Å². The molecule has 1 aliphatic heterocycles. The van der Waals surface area contributed by atoms with Crippen LogP contribution in [0.1, 0.15) is 52.1 Å². The second kappa shape index (κ2) is 10.7. The standard InChI is InChI=1S/C27H32N4O3/c1-18(29-16-25(33)22-8-10-26(28)30-15-22)12-19-4-2-5-21(13-19)27(34)31-11-3-6-20-7-9-24(32)14-23(20)17-31/h2,4-5,7-10,13-15,18,25,29,32-33H,3,6,11-12,16-17H2,1H3,(H2,28,30)/t18-,25+/m1/s1. The van der Waals surface area contributed by atoms with Crippen LogP contribution >= 0.6 is 0 Å². The highest BCUT2D eigenvalue weighted by Crippen LogP contribution is 2.24. The fourth-order valence-corrected chi connectivity index (χ4v) is 4.41. The highest BCUT2D eigenvalue weighted by Gasteiger charge is 2.21. The van der Waals surface area contributed by atoms with Crippen molar-refractivity contribution in [3.63, 3.8) is 0 Å². The molecule has 0 spiro atoms. The Morgan fingerprint density at radius 1 is 1.18 bits per heavy atom. The maximum atomic E-state index is 13.3. The lowest BCUT2D eigenvalue weighted by atomic mass is 10.0. The fraction of sp³-hybridized carbons (Fsp3) is 0.333. The van der Waals surface area contributed by atoms with Crippen molar-refractivity contribution < 1.29 is 15.0 Å². The summed E-state index contributed by atoms with van der Waals surface area (Å²) in [6.07, 6.45) is 3.44. The first-order valence-corrected chi connectivity index (χ1v) is 11.7. The number of aromatic nitrogens is 1. The second-order valence-electron chi connectivity index (χ2n) is 9.03. The Balaban J connectivity index is 1.36. The van der Waals surface area contributed by atoms with Gasteiger partial charge < -0.3 is 26.2 Å². The highest BCUT2D eigenvalue weighted by atomic mass is 16.3. The molecule has 2 heterocycles. The van der Waals surface area contributed by atoms with Crippen molar-refractivity contribution in [3.8, 4) is 5.75 Å². The average molecular weight is 461 g/mol. The molecule has 0 bridgehead atoms. The van der Waals surface area contributed by atoms with Gasteiger partial charge in [-0.2, -0.15) is 0 Å². The SMILES string of the molecule is C[C@H](Cc1cccc(C(=O)N2CCCc3ccc(O)cc3C2)c1)NC[C@H](O)c1ccc(N)nc1. The molecule has 0 radical (unpaired) electrons. The molecule has 1 aromatic heterocycles. The maximum Gasteiger partial charge on any atom is 0.254 e. The third-order valence-corrected chi connectivity index (χ3v) is 6.28. The molecule has 2 aromatic carbocycles. The third kappa shape index (κ3) is 5.92. The molecule has 0 saturated carbocycles. The molecule has 34 heavy (non-hydrogen) atoms. The predicted molar refractivity (Wildman–Crippen MR) is 132 cm³/mol. The summed E-state index contributed by atoms with van der Waals surface area (Å²) in [5, 5.41) is 23.6. The number of nitrogens with zero attached hydrogens (tertiary/aromatic N) is 2. The van der Waals surface area contributed by atoms with Gasteiger partial charge in [-0.3, -0.25) is 4.79 Å². The van der Waals surface area contributed by atoms with E-state index in [1.54, 1.807) is 30.5 Å². The van der Waals surface area contributed by atoms with E-state index < -0.39 is 6.10 Å². The number of aryl methyl sites for hydroxylation is 1. The number of aliphatic hydroxyl groups is 1. The van der Waals surface area contributed by atoms with E-state index in [4.69, 9.17) is 5.73 Å². The molecule has 3 aromatic rings. The molecule has 0 fully saturated rings. The molecular weight excluding hydrogens is 428 g/mol. The van der Waals surface area contributed by atoms with Crippen LogP contribution < -0.4 is 11.1 Å². The Labute approximate surface area is 200 Å². The van der Waals surface area contributed by atoms with E-state index >= 15 is 0 Å². The molecular formula is C27H32N4O3. The number of fused-ring (bicyclic) bond motifs is 1. The quantitative estimate of drug-likeness (QED) is 0.431. The summed E-state index contributed by atoms with van der Waals surface area (Å²) in [6, 6.07) is 16.7. The number of phenolic OH excluding ortho intramolecular Hbond substituents is 1. The van der Waals surface area contributed by atoms with Gasteiger partial charge in [0.1, 0.15) is 11.6 Å². The van der Waals surface area contributed by atoms with Crippen LogP contribution in [0.15, 0.2) is 60.8 Å². The number of nitrogens with one attached hydrogen (secondary N) is 1. The number of amides is 1. The van der Waals surface area contributed by atoms with Crippen LogP contribution in [0.3, 0.4) is 0 Å². The Bertz CT molecular complexity index is 1130. The maximum absolute atomic E-state index is 13.3. The van der Waals surface area contributed by atoms with Crippen LogP contribution in [-0.4, -0.2) is 45.1 Å². The van der Waals surface area contributed by atoms with E-state index in [0.29, 0.717) is 36.6 Å².